The van der Waals surface area contributed by atoms with Gasteiger partial charge in [0.05, 0.1) is 10.7 Å². The van der Waals surface area contributed by atoms with E-state index in [1.54, 1.807) is 82.3 Å². The number of hydrogen-bond donors (Lipinski definition) is 3. The van der Waals surface area contributed by atoms with E-state index in [0.29, 0.717) is 11.3 Å². The molecule has 3 amide bonds. The summed E-state index contributed by atoms with van der Waals surface area (Å²) in [7, 11) is 0. The lowest BCUT2D eigenvalue weighted by Gasteiger charge is -2.31. The Morgan fingerprint density at radius 3 is 2.27 bits per heavy atom. The van der Waals surface area contributed by atoms with Gasteiger partial charge in [-0.05, 0) is 51.0 Å². The summed E-state index contributed by atoms with van der Waals surface area (Å²) in [6, 6.07) is 19.8. The van der Waals surface area contributed by atoms with E-state index in [0.717, 1.165) is 10.5 Å². The second-order valence-corrected chi connectivity index (χ2v) is 10.5. The topological polar surface area (TPSA) is 108 Å². The number of carbonyl (C=O) groups is 3. The van der Waals surface area contributed by atoms with E-state index < -0.39 is 35.6 Å². The molecular weight excluding hydrogens is 530 g/mol. The number of halogens is 1. The SMILES string of the molecule is C#CN(C(=O)C(Cc1ccccc1)NC(=O)OC(C)(C)C)C(C(=O)Nc1c(C)cccc1Cl)c1ccccc1O. The van der Waals surface area contributed by atoms with Crippen molar-refractivity contribution in [3.05, 3.63) is 94.5 Å². The Kier molecular flexibility index (Phi) is 9.81. The third-order valence-corrected chi connectivity index (χ3v) is 6.17. The number of carbonyl (C=O) groups excluding carboxylic acids is 3. The Morgan fingerprint density at radius 2 is 1.68 bits per heavy atom. The molecule has 0 aliphatic rings. The van der Waals surface area contributed by atoms with E-state index in [9.17, 15) is 19.5 Å². The Morgan fingerprint density at radius 1 is 1.02 bits per heavy atom. The number of nitrogens with zero attached hydrogens (tertiary/aromatic N) is 1. The summed E-state index contributed by atoms with van der Waals surface area (Å²) in [5.74, 6) is -1.71. The monoisotopic (exact) mass is 561 g/mol. The van der Waals surface area contributed by atoms with E-state index in [1.165, 1.54) is 12.1 Å². The largest absolute Gasteiger partial charge is 0.508 e. The maximum Gasteiger partial charge on any atom is 0.408 e. The summed E-state index contributed by atoms with van der Waals surface area (Å²) in [5, 5.41) is 16.3. The molecule has 9 heteroatoms. The molecule has 0 spiro atoms. The Balaban J connectivity index is 2.04. The molecule has 0 aliphatic heterocycles. The second-order valence-electron chi connectivity index (χ2n) is 10.1. The molecule has 3 rings (SSSR count). The molecule has 2 atom stereocenters. The average Bonchev–Trinajstić information content (AvgIpc) is 2.88. The maximum absolute atomic E-state index is 14.0. The number of anilines is 1. The number of para-hydroxylation sites is 2. The van der Waals surface area contributed by atoms with Gasteiger partial charge in [0.25, 0.3) is 11.8 Å². The van der Waals surface area contributed by atoms with Crippen molar-refractivity contribution >= 4 is 35.2 Å². The Labute approximate surface area is 239 Å². The highest BCUT2D eigenvalue weighted by Gasteiger charge is 2.37. The molecule has 8 nitrogen and oxygen atoms in total. The van der Waals surface area contributed by atoms with Crippen LogP contribution in [0.25, 0.3) is 0 Å². The molecule has 0 fully saturated rings. The lowest BCUT2D eigenvalue weighted by atomic mass is 10.00. The fraction of sp³-hybridized carbons (Fsp3) is 0.258. The number of ether oxygens (including phenoxy) is 1. The van der Waals surface area contributed by atoms with Gasteiger partial charge >= 0.3 is 6.09 Å². The van der Waals surface area contributed by atoms with Crippen molar-refractivity contribution in [3.8, 4) is 18.2 Å². The highest BCUT2D eigenvalue weighted by atomic mass is 35.5. The van der Waals surface area contributed by atoms with Crippen molar-refractivity contribution in [3.63, 3.8) is 0 Å². The quantitative estimate of drug-likeness (QED) is 0.245. The molecule has 208 valence electrons. The summed E-state index contributed by atoms with van der Waals surface area (Å²) in [5.41, 5.74) is 1.04. The zero-order chi connectivity index (χ0) is 29.4. The lowest BCUT2D eigenvalue weighted by Crippen LogP contribution is -2.51. The van der Waals surface area contributed by atoms with Crippen LogP contribution in [-0.2, 0) is 20.7 Å². The Bertz CT molecular complexity index is 1390. The third-order valence-electron chi connectivity index (χ3n) is 5.86. The van der Waals surface area contributed by atoms with Gasteiger partial charge < -0.3 is 20.5 Å². The van der Waals surface area contributed by atoms with Crippen LogP contribution in [0, 0.1) is 19.4 Å². The molecular formula is C31H32ClN3O5. The first-order valence-electron chi connectivity index (χ1n) is 12.6. The number of nitrogens with one attached hydrogen (secondary N) is 2. The summed E-state index contributed by atoms with van der Waals surface area (Å²) in [6.07, 6.45) is 5.08. The van der Waals surface area contributed by atoms with Crippen molar-refractivity contribution in [2.75, 3.05) is 5.32 Å². The van der Waals surface area contributed by atoms with Crippen molar-refractivity contribution < 1.29 is 24.2 Å². The minimum Gasteiger partial charge on any atom is -0.508 e. The van der Waals surface area contributed by atoms with Gasteiger partial charge in [-0.15, -0.1) is 0 Å². The number of phenols is 1. The van der Waals surface area contributed by atoms with E-state index >= 15 is 0 Å². The number of alkyl carbamates (subject to hydrolysis) is 1. The zero-order valence-electron chi connectivity index (χ0n) is 22.8. The van der Waals surface area contributed by atoms with Crippen LogP contribution in [0.2, 0.25) is 5.02 Å². The molecule has 0 saturated heterocycles. The maximum atomic E-state index is 14.0. The molecule has 0 bridgehead atoms. The molecule has 0 aliphatic carbocycles. The predicted molar refractivity (Wildman–Crippen MR) is 155 cm³/mol. The fourth-order valence-corrected chi connectivity index (χ4v) is 4.30. The fourth-order valence-electron chi connectivity index (χ4n) is 4.03. The first-order valence-corrected chi connectivity index (χ1v) is 13.0. The first-order chi connectivity index (χ1) is 18.9. The normalized spacial score (nSPS) is 12.4. The number of terminal acetylenes is 1. The minimum absolute atomic E-state index is 0.0653. The van der Waals surface area contributed by atoms with Crippen LogP contribution in [0.3, 0.4) is 0 Å². The van der Waals surface area contributed by atoms with E-state index in [4.69, 9.17) is 22.8 Å². The van der Waals surface area contributed by atoms with Gasteiger partial charge in [0.2, 0.25) is 0 Å². The first kappa shape index (κ1) is 30.1. The number of hydrogen-bond acceptors (Lipinski definition) is 5. The summed E-state index contributed by atoms with van der Waals surface area (Å²) in [4.78, 5) is 41.4. The van der Waals surface area contributed by atoms with E-state index in [-0.39, 0.29) is 22.8 Å². The molecule has 0 saturated carbocycles. The number of phenolic OH excluding ortho intramolecular Hbond substituents is 1. The van der Waals surface area contributed by atoms with Gasteiger partial charge in [0.1, 0.15) is 17.4 Å². The van der Waals surface area contributed by atoms with E-state index in [2.05, 4.69) is 16.7 Å². The zero-order valence-corrected chi connectivity index (χ0v) is 23.5. The minimum atomic E-state index is -1.46. The van der Waals surface area contributed by atoms with Crippen LogP contribution in [0.4, 0.5) is 10.5 Å². The van der Waals surface area contributed by atoms with Crippen LogP contribution >= 0.6 is 11.6 Å². The number of benzene rings is 3. The smallest absolute Gasteiger partial charge is 0.408 e. The van der Waals surface area contributed by atoms with Gasteiger partial charge in [-0.2, -0.15) is 0 Å². The van der Waals surface area contributed by atoms with Crippen molar-refractivity contribution in [2.24, 2.45) is 0 Å². The third kappa shape index (κ3) is 7.78. The van der Waals surface area contributed by atoms with Gasteiger partial charge in [0.15, 0.2) is 6.04 Å². The van der Waals surface area contributed by atoms with E-state index in [1.807, 2.05) is 6.07 Å². The Hall–Kier alpha value is -4.48. The van der Waals surface area contributed by atoms with Gasteiger partial charge in [-0.1, -0.05) is 78.7 Å². The van der Waals surface area contributed by atoms with Crippen molar-refractivity contribution in [1.29, 1.82) is 0 Å². The summed E-state index contributed by atoms with van der Waals surface area (Å²) < 4.78 is 5.38. The van der Waals surface area contributed by atoms with Gasteiger partial charge in [0, 0.05) is 18.0 Å². The van der Waals surface area contributed by atoms with Crippen LogP contribution in [-0.4, -0.2) is 39.6 Å². The van der Waals surface area contributed by atoms with Gasteiger partial charge in [-0.25, -0.2) is 4.79 Å². The summed E-state index contributed by atoms with van der Waals surface area (Å²) >= 11 is 6.34. The molecule has 40 heavy (non-hydrogen) atoms. The van der Waals surface area contributed by atoms with Crippen molar-refractivity contribution in [1.82, 2.24) is 10.2 Å². The highest BCUT2D eigenvalue weighted by Crippen LogP contribution is 2.32. The average molecular weight is 562 g/mol. The van der Waals surface area contributed by atoms with Crippen LogP contribution in [0.1, 0.15) is 43.5 Å². The number of aromatic hydroxyl groups is 1. The lowest BCUT2D eigenvalue weighted by molar-refractivity contribution is -0.136. The molecule has 0 radical (unpaired) electrons. The second kappa shape index (κ2) is 13.0. The van der Waals surface area contributed by atoms with Crippen LogP contribution < -0.4 is 10.6 Å². The van der Waals surface area contributed by atoms with Crippen molar-refractivity contribution in [2.45, 2.75) is 51.8 Å². The van der Waals surface area contributed by atoms with Crippen LogP contribution in [0.5, 0.6) is 5.75 Å². The number of aryl methyl sites for hydroxylation is 1. The standard InChI is InChI=1S/C31H32ClN3O5/c1-6-35(29(38)24(19-21-14-8-7-9-15-21)33-30(39)40-31(3,4)5)27(22-16-10-11-18-25(22)36)28(37)34-26-20(2)13-12-17-23(26)32/h1,7-18,24,27,36H,19H2,2-5H3,(H,33,39)(H,34,37). The predicted octanol–water partition coefficient (Wildman–Crippen LogP) is 5.59. The number of amides is 3. The molecule has 2 unspecified atom stereocenters. The molecule has 3 aromatic rings. The van der Waals surface area contributed by atoms with Crippen LogP contribution in [0.15, 0.2) is 72.8 Å². The summed E-state index contributed by atoms with van der Waals surface area (Å²) in [6.45, 7) is 6.86. The molecule has 0 heterocycles. The van der Waals surface area contributed by atoms with Gasteiger partial charge in [-0.3, -0.25) is 14.5 Å². The number of rotatable bonds is 8. The molecule has 3 N–H and O–H groups in total. The molecule has 3 aromatic carbocycles. The molecule has 0 aromatic heterocycles. The highest BCUT2D eigenvalue weighted by molar-refractivity contribution is 6.34.